The minimum absolute atomic E-state index is 0.234. The predicted molar refractivity (Wildman–Crippen MR) is 101 cm³/mol. The molecule has 5 nitrogen and oxygen atoms in total. The molecule has 3 aromatic carbocycles. The fourth-order valence-electron chi connectivity index (χ4n) is 3.08. The Morgan fingerprint density at radius 2 is 1.73 bits per heavy atom. The predicted octanol–water partition coefficient (Wildman–Crippen LogP) is 3.87. The third-order valence-corrected chi connectivity index (χ3v) is 5.26. The lowest BCUT2D eigenvalue weighted by atomic mass is 10.00. The summed E-state index contributed by atoms with van der Waals surface area (Å²) in [4.78, 5) is 0. The summed E-state index contributed by atoms with van der Waals surface area (Å²) < 4.78 is 35.3. The second-order valence-corrected chi connectivity index (χ2v) is 7.71. The SMILES string of the molecule is CC1Oc2ccc3ccccc3c2C1=NOS(=O)(=O)Cc1ccccc1. The number of rotatable bonds is 4. The molecule has 0 aromatic heterocycles. The van der Waals surface area contributed by atoms with Crippen molar-refractivity contribution in [3.63, 3.8) is 0 Å². The zero-order chi connectivity index (χ0) is 18.1. The fraction of sp³-hybridized carbons (Fsp3) is 0.150. The van der Waals surface area contributed by atoms with Crippen molar-refractivity contribution < 1.29 is 17.4 Å². The quantitative estimate of drug-likeness (QED) is 0.657. The largest absolute Gasteiger partial charge is 0.484 e. The Balaban J connectivity index is 1.68. The third-order valence-electron chi connectivity index (χ3n) is 4.27. The minimum Gasteiger partial charge on any atom is -0.484 e. The molecule has 0 aliphatic carbocycles. The topological polar surface area (TPSA) is 65.0 Å². The molecule has 1 atom stereocenters. The average Bonchev–Trinajstić information content (AvgIpc) is 2.96. The number of nitrogens with zero attached hydrogens (tertiary/aromatic N) is 1. The molecule has 0 radical (unpaired) electrons. The van der Waals surface area contributed by atoms with E-state index in [9.17, 15) is 8.42 Å². The van der Waals surface area contributed by atoms with Gasteiger partial charge in [-0.2, -0.15) is 8.42 Å². The summed E-state index contributed by atoms with van der Waals surface area (Å²) in [5, 5.41) is 5.95. The van der Waals surface area contributed by atoms with Gasteiger partial charge in [-0.25, -0.2) is 0 Å². The molecular formula is C20H17NO4S. The molecule has 132 valence electrons. The van der Waals surface area contributed by atoms with Crippen LogP contribution in [0, 0.1) is 0 Å². The maximum absolute atomic E-state index is 12.3. The summed E-state index contributed by atoms with van der Waals surface area (Å²) in [6, 6.07) is 20.5. The van der Waals surface area contributed by atoms with Crippen LogP contribution in [0.25, 0.3) is 10.8 Å². The van der Waals surface area contributed by atoms with Gasteiger partial charge >= 0.3 is 10.1 Å². The van der Waals surface area contributed by atoms with E-state index in [1.54, 1.807) is 24.3 Å². The highest BCUT2D eigenvalue weighted by atomic mass is 32.2. The van der Waals surface area contributed by atoms with Crippen molar-refractivity contribution in [2.24, 2.45) is 5.16 Å². The maximum atomic E-state index is 12.3. The van der Waals surface area contributed by atoms with Gasteiger partial charge < -0.3 is 4.74 Å². The zero-order valence-electron chi connectivity index (χ0n) is 14.1. The van der Waals surface area contributed by atoms with E-state index in [0.717, 1.165) is 16.3 Å². The van der Waals surface area contributed by atoms with Crippen molar-refractivity contribution in [2.75, 3.05) is 0 Å². The Morgan fingerprint density at radius 1 is 1.00 bits per heavy atom. The molecule has 26 heavy (non-hydrogen) atoms. The molecule has 0 N–H and O–H groups in total. The van der Waals surface area contributed by atoms with E-state index in [2.05, 4.69) is 5.16 Å². The normalized spacial score (nSPS) is 17.9. The monoisotopic (exact) mass is 367 g/mol. The van der Waals surface area contributed by atoms with Gasteiger partial charge in [0.2, 0.25) is 0 Å². The minimum atomic E-state index is -3.84. The molecule has 0 spiro atoms. The molecule has 4 rings (SSSR count). The van der Waals surface area contributed by atoms with Gasteiger partial charge in [0.1, 0.15) is 23.3 Å². The standard InChI is InChI=1S/C20H17NO4S/c1-14-20(21-25-26(22,23)13-15-7-3-2-4-8-15)19-17-10-6-5-9-16(17)11-12-18(19)24-14/h2-12,14H,13H2,1H3. The number of fused-ring (bicyclic) bond motifs is 3. The Morgan fingerprint density at radius 3 is 2.54 bits per heavy atom. The lowest BCUT2D eigenvalue weighted by Crippen LogP contribution is -2.18. The van der Waals surface area contributed by atoms with Crippen LogP contribution in [0.2, 0.25) is 0 Å². The van der Waals surface area contributed by atoms with Crippen molar-refractivity contribution in [2.45, 2.75) is 18.8 Å². The van der Waals surface area contributed by atoms with E-state index in [0.29, 0.717) is 17.0 Å². The smallest absolute Gasteiger partial charge is 0.332 e. The molecule has 1 heterocycles. The molecule has 1 aliphatic heterocycles. The van der Waals surface area contributed by atoms with Gasteiger partial charge in [0, 0.05) is 0 Å². The average molecular weight is 367 g/mol. The van der Waals surface area contributed by atoms with Gasteiger partial charge in [0.15, 0.2) is 0 Å². The fourth-order valence-corrected chi connectivity index (χ4v) is 3.93. The van der Waals surface area contributed by atoms with Crippen LogP contribution >= 0.6 is 0 Å². The summed E-state index contributed by atoms with van der Waals surface area (Å²) in [5.41, 5.74) is 1.91. The highest BCUT2D eigenvalue weighted by Gasteiger charge is 2.30. The van der Waals surface area contributed by atoms with E-state index < -0.39 is 10.1 Å². The Kier molecular flexibility index (Phi) is 4.12. The first kappa shape index (κ1) is 16.6. The van der Waals surface area contributed by atoms with E-state index in [1.807, 2.05) is 49.4 Å². The Bertz CT molecular complexity index is 1090. The van der Waals surface area contributed by atoms with Crippen LogP contribution in [0.15, 0.2) is 71.9 Å². The first-order valence-electron chi connectivity index (χ1n) is 8.25. The molecule has 0 saturated heterocycles. The number of hydrogen-bond acceptors (Lipinski definition) is 5. The lowest BCUT2D eigenvalue weighted by molar-refractivity contribution is 0.291. The van der Waals surface area contributed by atoms with Crippen LogP contribution in [0.1, 0.15) is 18.1 Å². The first-order valence-corrected chi connectivity index (χ1v) is 9.83. The molecule has 3 aromatic rings. The highest BCUT2D eigenvalue weighted by molar-refractivity contribution is 7.85. The maximum Gasteiger partial charge on any atom is 0.332 e. The van der Waals surface area contributed by atoms with Crippen LogP contribution in [-0.4, -0.2) is 20.2 Å². The van der Waals surface area contributed by atoms with Crippen LogP contribution in [0.3, 0.4) is 0 Å². The summed E-state index contributed by atoms with van der Waals surface area (Å²) in [7, 11) is -3.84. The van der Waals surface area contributed by atoms with Crippen LogP contribution in [0.4, 0.5) is 0 Å². The van der Waals surface area contributed by atoms with Crippen LogP contribution in [-0.2, 0) is 20.2 Å². The summed E-state index contributed by atoms with van der Waals surface area (Å²) in [5.74, 6) is 0.446. The van der Waals surface area contributed by atoms with E-state index in [4.69, 9.17) is 9.02 Å². The molecule has 0 amide bonds. The number of ether oxygens (including phenoxy) is 1. The van der Waals surface area contributed by atoms with Gasteiger partial charge in [-0.15, -0.1) is 0 Å². The van der Waals surface area contributed by atoms with Crippen molar-refractivity contribution in [1.29, 1.82) is 0 Å². The number of hydrogen-bond donors (Lipinski definition) is 0. The molecule has 6 heteroatoms. The molecule has 0 bridgehead atoms. The summed E-state index contributed by atoms with van der Waals surface area (Å²) in [6.07, 6.45) is -0.386. The van der Waals surface area contributed by atoms with Gasteiger partial charge in [-0.05, 0) is 29.3 Å². The Labute approximate surface area is 152 Å². The van der Waals surface area contributed by atoms with Crippen molar-refractivity contribution in [3.8, 4) is 5.75 Å². The van der Waals surface area contributed by atoms with Crippen molar-refractivity contribution in [1.82, 2.24) is 0 Å². The number of benzene rings is 3. The second kappa shape index (κ2) is 6.46. The highest BCUT2D eigenvalue weighted by Crippen LogP contribution is 2.35. The summed E-state index contributed by atoms with van der Waals surface area (Å²) >= 11 is 0. The van der Waals surface area contributed by atoms with Gasteiger partial charge in [-0.3, -0.25) is 4.28 Å². The summed E-state index contributed by atoms with van der Waals surface area (Å²) in [6.45, 7) is 1.82. The van der Waals surface area contributed by atoms with Gasteiger partial charge in [-0.1, -0.05) is 65.8 Å². The van der Waals surface area contributed by atoms with Gasteiger partial charge in [0.05, 0.1) is 5.56 Å². The van der Waals surface area contributed by atoms with E-state index >= 15 is 0 Å². The van der Waals surface area contributed by atoms with E-state index in [-0.39, 0.29) is 11.9 Å². The van der Waals surface area contributed by atoms with E-state index in [1.165, 1.54) is 0 Å². The van der Waals surface area contributed by atoms with Crippen LogP contribution < -0.4 is 4.74 Å². The molecule has 0 saturated carbocycles. The first-order chi connectivity index (χ1) is 12.5. The molecule has 1 unspecified atom stereocenters. The second-order valence-electron chi connectivity index (χ2n) is 6.16. The third kappa shape index (κ3) is 3.15. The van der Waals surface area contributed by atoms with Gasteiger partial charge in [0.25, 0.3) is 0 Å². The van der Waals surface area contributed by atoms with Crippen LogP contribution in [0.5, 0.6) is 5.75 Å². The molecule has 1 aliphatic rings. The molecule has 0 fully saturated rings. The van der Waals surface area contributed by atoms with Crippen molar-refractivity contribution >= 4 is 26.6 Å². The Hall–Kier alpha value is -2.86. The molecular weight excluding hydrogens is 350 g/mol. The zero-order valence-corrected chi connectivity index (χ0v) is 14.9. The lowest BCUT2D eigenvalue weighted by Gasteiger charge is -2.06. The number of oxime groups is 1. The van der Waals surface area contributed by atoms with Crippen molar-refractivity contribution in [3.05, 3.63) is 77.9 Å².